The minimum Gasteiger partial charge on any atom is -0.387 e. The lowest BCUT2D eigenvalue weighted by Gasteiger charge is -2.04. The maximum atomic E-state index is 13.4. The Morgan fingerprint density at radius 1 is 1.28 bits per heavy atom. The second-order valence-electron chi connectivity index (χ2n) is 3.60. The predicted molar refractivity (Wildman–Crippen MR) is 55.4 cm³/mol. The van der Waals surface area contributed by atoms with E-state index in [2.05, 4.69) is 14.7 Å². The summed E-state index contributed by atoms with van der Waals surface area (Å²) in [5, 5.41) is 12.4. The van der Waals surface area contributed by atoms with Crippen LogP contribution in [0.2, 0.25) is 0 Å². The Morgan fingerprint density at radius 3 is 2.67 bits per heavy atom. The van der Waals surface area contributed by atoms with E-state index >= 15 is 0 Å². The largest absolute Gasteiger partial charge is 0.387 e. The molecule has 1 atom stereocenters. The minimum atomic E-state index is -2.89. The number of rotatable bonds is 4. The first-order valence-corrected chi connectivity index (χ1v) is 5.11. The second kappa shape index (κ2) is 5.18. The molecule has 1 N–H and O–H groups in total. The van der Waals surface area contributed by atoms with Crippen molar-refractivity contribution in [2.24, 2.45) is 0 Å². The second-order valence-corrected chi connectivity index (χ2v) is 3.60. The highest BCUT2D eigenvalue weighted by molar-refractivity contribution is 5.54. The molecule has 1 heterocycles. The lowest BCUT2D eigenvalue weighted by molar-refractivity contribution is -0.00754. The van der Waals surface area contributed by atoms with Gasteiger partial charge in [0.2, 0.25) is 11.7 Å². The van der Waals surface area contributed by atoms with Gasteiger partial charge in [-0.2, -0.15) is 4.98 Å². The molecule has 1 unspecified atom stereocenters. The fourth-order valence-electron chi connectivity index (χ4n) is 1.36. The van der Waals surface area contributed by atoms with Crippen molar-refractivity contribution in [3.05, 3.63) is 36.0 Å². The lowest BCUT2D eigenvalue weighted by Crippen LogP contribution is -2.20. The molecule has 0 saturated heterocycles. The molecule has 0 aliphatic rings. The highest BCUT2D eigenvalue weighted by Crippen LogP contribution is 2.19. The van der Waals surface area contributed by atoms with Crippen molar-refractivity contribution in [2.45, 2.75) is 19.0 Å². The summed E-state index contributed by atoms with van der Waals surface area (Å²) in [5.41, 5.74) is 0.110. The number of aliphatic hydroxyl groups excluding tert-OH is 1. The van der Waals surface area contributed by atoms with Gasteiger partial charge in [-0.1, -0.05) is 17.3 Å². The van der Waals surface area contributed by atoms with Crippen LogP contribution in [0.5, 0.6) is 0 Å². The standard InChI is InChI=1S/C11H9F3N2O2/c12-7-4-2-1-3-6(7)11-15-9(18-16-11)5-8(17)10(13)14/h1-4,8,10,17H,5H2. The lowest BCUT2D eigenvalue weighted by atomic mass is 10.2. The van der Waals surface area contributed by atoms with E-state index in [1.165, 1.54) is 18.2 Å². The number of hydrogen-bond donors (Lipinski definition) is 1. The fourth-order valence-corrected chi connectivity index (χ4v) is 1.36. The molecular formula is C11H9F3N2O2. The number of hydrogen-bond acceptors (Lipinski definition) is 4. The third-order valence-corrected chi connectivity index (χ3v) is 2.26. The van der Waals surface area contributed by atoms with Gasteiger partial charge in [-0.25, -0.2) is 13.2 Å². The highest BCUT2D eigenvalue weighted by Gasteiger charge is 2.21. The van der Waals surface area contributed by atoms with E-state index in [0.29, 0.717) is 0 Å². The van der Waals surface area contributed by atoms with Crippen LogP contribution in [-0.4, -0.2) is 27.8 Å². The summed E-state index contributed by atoms with van der Waals surface area (Å²) >= 11 is 0. The van der Waals surface area contributed by atoms with Gasteiger partial charge in [-0.3, -0.25) is 0 Å². The summed E-state index contributed by atoms with van der Waals surface area (Å²) in [4.78, 5) is 3.75. The van der Waals surface area contributed by atoms with Crippen LogP contribution in [0.1, 0.15) is 5.89 Å². The summed E-state index contributed by atoms with van der Waals surface area (Å²) in [6.07, 6.45) is -5.24. The van der Waals surface area contributed by atoms with Gasteiger partial charge >= 0.3 is 0 Å². The molecule has 0 bridgehead atoms. The molecule has 4 nitrogen and oxygen atoms in total. The average molecular weight is 258 g/mol. The molecule has 0 aliphatic carbocycles. The normalized spacial score (nSPS) is 12.9. The monoisotopic (exact) mass is 258 g/mol. The zero-order chi connectivity index (χ0) is 13.1. The van der Waals surface area contributed by atoms with Gasteiger partial charge in [0.15, 0.2) is 0 Å². The van der Waals surface area contributed by atoms with E-state index in [9.17, 15) is 13.2 Å². The topological polar surface area (TPSA) is 59.2 Å². The summed E-state index contributed by atoms with van der Waals surface area (Å²) in [5.74, 6) is -0.745. The Balaban J connectivity index is 2.18. The molecule has 0 saturated carbocycles. The first kappa shape index (κ1) is 12.6. The van der Waals surface area contributed by atoms with Crippen LogP contribution in [0.25, 0.3) is 11.4 Å². The Kier molecular flexibility index (Phi) is 3.61. The molecule has 0 fully saturated rings. The van der Waals surface area contributed by atoms with Crippen molar-refractivity contribution in [2.75, 3.05) is 0 Å². The average Bonchev–Trinajstić information content (AvgIpc) is 2.77. The van der Waals surface area contributed by atoms with Crippen LogP contribution in [0.15, 0.2) is 28.8 Å². The highest BCUT2D eigenvalue weighted by atomic mass is 19.3. The zero-order valence-electron chi connectivity index (χ0n) is 9.05. The molecule has 1 aromatic carbocycles. The number of nitrogens with zero attached hydrogens (tertiary/aromatic N) is 2. The van der Waals surface area contributed by atoms with Crippen LogP contribution >= 0.6 is 0 Å². The number of aliphatic hydroxyl groups is 1. The van der Waals surface area contributed by atoms with E-state index in [-0.39, 0.29) is 17.3 Å². The molecule has 0 aliphatic heterocycles. The number of benzene rings is 1. The van der Waals surface area contributed by atoms with E-state index in [4.69, 9.17) is 5.11 Å². The molecule has 0 radical (unpaired) electrons. The molecule has 0 spiro atoms. The van der Waals surface area contributed by atoms with Crippen molar-refractivity contribution >= 4 is 0 Å². The predicted octanol–water partition coefficient (Wildman–Crippen LogP) is 2.04. The van der Waals surface area contributed by atoms with Crippen LogP contribution < -0.4 is 0 Å². The van der Waals surface area contributed by atoms with Crippen LogP contribution in [0, 0.1) is 5.82 Å². The van der Waals surface area contributed by atoms with E-state index in [0.717, 1.165) is 0 Å². The Morgan fingerprint density at radius 2 is 2.00 bits per heavy atom. The van der Waals surface area contributed by atoms with Crippen molar-refractivity contribution in [3.63, 3.8) is 0 Å². The van der Waals surface area contributed by atoms with Gasteiger partial charge in [0, 0.05) is 0 Å². The van der Waals surface area contributed by atoms with Gasteiger partial charge in [-0.15, -0.1) is 0 Å². The number of alkyl halides is 2. The van der Waals surface area contributed by atoms with E-state index in [1.807, 2.05) is 0 Å². The first-order valence-electron chi connectivity index (χ1n) is 5.11. The third kappa shape index (κ3) is 2.67. The molecule has 0 amide bonds. The molecule has 7 heteroatoms. The van der Waals surface area contributed by atoms with E-state index in [1.54, 1.807) is 6.07 Å². The summed E-state index contributed by atoms with van der Waals surface area (Å²) in [6, 6.07) is 5.75. The van der Waals surface area contributed by atoms with E-state index < -0.39 is 24.8 Å². The molecule has 1 aromatic heterocycles. The van der Waals surface area contributed by atoms with Crippen molar-refractivity contribution in [3.8, 4) is 11.4 Å². The van der Waals surface area contributed by atoms with Crippen molar-refractivity contribution < 1.29 is 22.8 Å². The van der Waals surface area contributed by atoms with Crippen LogP contribution in [0.3, 0.4) is 0 Å². The Labute approximate surface area is 100 Å². The van der Waals surface area contributed by atoms with Gasteiger partial charge < -0.3 is 9.63 Å². The third-order valence-electron chi connectivity index (χ3n) is 2.26. The minimum absolute atomic E-state index is 0.0374. The molecule has 2 rings (SSSR count). The quantitative estimate of drug-likeness (QED) is 0.911. The summed E-state index contributed by atoms with van der Waals surface area (Å²) in [7, 11) is 0. The van der Waals surface area contributed by atoms with Gasteiger partial charge in [0.1, 0.15) is 11.9 Å². The first-order chi connectivity index (χ1) is 8.58. The smallest absolute Gasteiger partial charge is 0.264 e. The summed E-state index contributed by atoms with van der Waals surface area (Å²) in [6.45, 7) is 0. The summed E-state index contributed by atoms with van der Waals surface area (Å²) < 4.78 is 42.3. The molecule has 18 heavy (non-hydrogen) atoms. The maximum Gasteiger partial charge on any atom is 0.264 e. The Bertz CT molecular complexity index is 531. The van der Waals surface area contributed by atoms with Gasteiger partial charge in [0.25, 0.3) is 6.43 Å². The van der Waals surface area contributed by atoms with Gasteiger partial charge in [0.05, 0.1) is 12.0 Å². The van der Waals surface area contributed by atoms with Crippen LogP contribution in [0.4, 0.5) is 13.2 Å². The zero-order valence-corrected chi connectivity index (χ0v) is 9.05. The van der Waals surface area contributed by atoms with Crippen LogP contribution in [-0.2, 0) is 6.42 Å². The Hall–Kier alpha value is -1.89. The maximum absolute atomic E-state index is 13.4. The van der Waals surface area contributed by atoms with Crippen molar-refractivity contribution in [1.29, 1.82) is 0 Å². The number of aromatic nitrogens is 2. The fraction of sp³-hybridized carbons (Fsp3) is 0.273. The SMILES string of the molecule is OC(Cc1nc(-c2ccccc2F)no1)C(F)F. The van der Waals surface area contributed by atoms with Gasteiger partial charge in [-0.05, 0) is 12.1 Å². The number of halogens is 3. The van der Waals surface area contributed by atoms with Crippen molar-refractivity contribution in [1.82, 2.24) is 10.1 Å². The molecular weight excluding hydrogens is 249 g/mol. The molecule has 96 valence electrons. The molecule has 2 aromatic rings.